The number of anilines is 1. The molecule has 4 rings (SSSR count). The lowest BCUT2D eigenvalue weighted by Gasteiger charge is -2.11. The van der Waals surface area contributed by atoms with E-state index in [1.165, 1.54) is 16.2 Å². The van der Waals surface area contributed by atoms with Gasteiger partial charge in [0.05, 0.1) is 10.6 Å². The highest BCUT2D eigenvalue weighted by atomic mass is 32.1. The maximum Gasteiger partial charge on any atom is 0.266 e. The second-order valence-electron chi connectivity index (χ2n) is 7.41. The van der Waals surface area contributed by atoms with E-state index in [9.17, 15) is 9.59 Å². The summed E-state index contributed by atoms with van der Waals surface area (Å²) in [6.07, 6.45) is 2.29. The van der Waals surface area contributed by atoms with Gasteiger partial charge in [-0.15, -0.1) is 11.3 Å². The molecule has 0 unspecified atom stereocenters. The Bertz CT molecular complexity index is 1100. The van der Waals surface area contributed by atoms with Gasteiger partial charge >= 0.3 is 0 Å². The van der Waals surface area contributed by atoms with Crippen LogP contribution in [0.15, 0.2) is 24.3 Å². The molecule has 6 nitrogen and oxygen atoms in total. The van der Waals surface area contributed by atoms with Crippen LogP contribution in [0.3, 0.4) is 0 Å². The fourth-order valence-electron chi connectivity index (χ4n) is 3.28. The Kier molecular flexibility index (Phi) is 4.63. The van der Waals surface area contributed by atoms with Crippen LogP contribution >= 0.6 is 11.3 Å². The van der Waals surface area contributed by atoms with Gasteiger partial charge in [-0.2, -0.15) is 0 Å². The molecule has 2 amide bonds. The van der Waals surface area contributed by atoms with Gasteiger partial charge in [0.15, 0.2) is 0 Å². The van der Waals surface area contributed by atoms with Gasteiger partial charge in [-0.3, -0.25) is 9.59 Å². The minimum absolute atomic E-state index is 0.104. The zero-order valence-electron chi connectivity index (χ0n) is 16.4. The van der Waals surface area contributed by atoms with Gasteiger partial charge in [0.25, 0.3) is 11.8 Å². The van der Waals surface area contributed by atoms with Crippen molar-refractivity contribution >= 4 is 39.1 Å². The number of amides is 2. The van der Waals surface area contributed by atoms with Crippen LogP contribution in [0.5, 0.6) is 0 Å². The molecule has 28 heavy (non-hydrogen) atoms. The average Bonchev–Trinajstić information content (AvgIpc) is 3.45. The third-order valence-electron chi connectivity index (χ3n) is 4.91. The van der Waals surface area contributed by atoms with Crippen LogP contribution in [0.1, 0.15) is 55.9 Å². The van der Waals surface area contributed by atoms with Crippen molar-refractivity contribution in [2.75, 3.05) is 19.4 Å². The minimum atomic E-state index is -0.192. The number of nitrogens with zero attached hydrogens (tertiary/aromatic N) is 3. The Balaban J connectivity index is 1.64. The highest BCUT2D eigenvalue weighted by molar-refractivity contribution is 7.20. The van der Waals surface area contributed by atoms with Gasteiger partial charge in [-0.1, -0.05) is 6.07 Å². The average molecular weight is 395 g/mol. The summed E-state index contributed by atoms with van der Waals surface area (Å²) in [5.41, 5.74) is 2.96. The zero-order valence-corrected chi connectivity index (χ0v) is 17.2. The van der Waals surface area contributed by atoms with E-state index in [-0.39, 0.29) is 11.8 Å². The Hall–Kier alpha value is -2.80. The predicted octanol–water partition coefficient (Wildman–Crippen LogP) is 4.14. The predicted molar refractivity (Wildman–Crippen MR) is 111 cm³/mol. The van der Waals surface area contributed by atoms with E-state index < -0.39 is 0 Å². The lowest BCUT2D eigenvalue weighted by Crippen LogP contribution is -2.21. The van der Waals surface area contributed by atoms with Crippen molar-refractivity contribution in [3.63, 3.8) is 0 Å². The molecule has 0 spiro atoms. The maximum absolute atomic E-state index is 12.9. The SMILES string of the molecule is Cc1nc(C2CC2)nc2sc(C(=O)Nc3cccc(C(=O)N(C)C)c3)c(C)c12. The molecule has 2 aromatic heterocycles. The van der Waals surface area contributed by atoms with Crippen molar-refractivity contribution < 1.29 is 9.59 Å². The summed E-state index contributed by atoms with van der Waals surface area (Å²) in [6.45, 7) is 3.92. The monoisotopic (exact) mass is 394 g/mol. The molecule has 0 bridgehead atoms. The largest absolute Gasteiger partial charge is 0.345 e. The van der Waals surface area contributed by atoms with Gasteiger partial charge in [-0.05, 0) is 50.5 Å². The first-order chi connectivity index (χ1) is 13.3. The van der Waals surface area contributed by atoms with Gasteiger partial charge in [0.1, 0.15) is 10.7 Å². The van der Waals surface area contributed by atoms with E-state index in [1.807, 2.05) is 13.8 Å². The van der Waals surface area contributed by atoms with Crippen molar-refractivity contribution in [1.82, 2.24) is 14.9 Å². The number of aromatic nitrogens is 2. The van der Waals surface area contributed by atoms with Crippen LogP contribution < -0.4 is 5.32 Å². The molecule has 144 valence electrons. The summed E-state index contributed by atoms with van der Waals surface area (Å²) in [6, 6.07) is 6.98. The van der Waals surface area contributed by atoms with Crippen LogP contribution in [0, 0.1) is 13.8 Å². The number of hydrogen-bond donors (Lipinski definition) is 1. The Morgan fingerprint density at radius 2 is 1.93 bits per heavy atom. The number of carbonyl (C=O) groups is 2. The number of thiophene rings is 1. The lowest BCUT2D eigenvalue weighted by molar-refractivity contribution is 0.0827. The standard InChI is InChI=1S/C21H22N4O2S/c1-11-16-12(2)22-18(13-8-9-13)24-20(16)28-17(11)19(26)23-15-7-5-6-14(10-15)21(27)25(3)4/h5-7,10,13H,8-9H2,1-4H3,(H,23,26). The van der Waals surface area contributed by atoms with E-state index in [2.05, 4.69) is 10.3 Å². The van der Waals surface area contributed by atoms with Crippen LogP contribution in [0.2, 0.25) is 0 Å². The third kappa shape index (κ3) is 3.38. The van der Waals surface area contributed by atoms with E-state index >= 15 is 0 Å². The first kappa shape index (κ1) is 18.6. The quantitative estimate of drug-likeness (QED) is 0.722. The number of rotatable bonds is 4. The number of aryl methyl sites for hydroxylation is 2. The summed E-state index contributed by atoms with van der Waals surface area (Å²) >= 11 is 1.40. The summed E-state index contributed by atoms with van der Waals surface area (Å²) < 4.78 is 0. The number of nitrogens with one attached hydrogen (secondary N) is 1. The number of benzene rings is 1. The summed E-state index contributed by atoms with van der Waals surface area (Å²) in [5, 5.41) is 3.88. The van der Waals surface area contributed by atoms with Crippen LogP contribution in [0.25, 0.3) is 10.2 Å². The van der Waals surface area contributed by atoms with Crippen molar-refractivity contribution in [2.45, 2.75) is 32.6 Å². The molecule has 0 aliphatic heterocycles. The molecule has 2 heterocycles. The van der Waals surface area contributed by atoms with Crippen molar-refractivity contribution in [3.8, 4) is 0 Å². The molecular formula is C21H22N4O2S. The molecule has 1 aliphatic rings. The number of fused-ring (bicyclic) bond motifs is 1. The van der Waals surface area contributed by atoms with Crippen molar-refractivity contribution in [2.24, 2.45) is 0 Å². The summed E-state index contributed by atoms with van der Waals surface area (Å²) in [7, 11) is 3.40. The summed E-state index contributed by atoms with van der Waals surface area (Å²) in [5.74, 6) is 1.07. The van der Waals surface area contributed by atoms with Gasteiger partial charge in [0, 0.05) is 36.7 Å². The normalized spacial score (nSPS) is 13.6. The highest BCUT2D eigenvalue weighted by Gasteiger charge is 2.28. The molecule has 1 N–H and O–H groups in total. The van der Waals surface area contributed by atoms with Crippen LogP contribution in [-0.4, -0.2) is 40.8 Å². The fourth-order valence-corrected chi connectivity index (χ4v) is 4.41. The van der Waals surface area contributed by atoms with Gasteiger partial charge in [0.2, 0.25) is 0 Å². The Morgan fingerprint density at radius 1 is 1.18 bits per heavy atom. The van der Waals surface area contributed by atoms with Gasteiger partial charge < -0.3 is 10.2 Å². The first-order valence-electron chi connectivity index (χ1n) is 9.26. The second kappa shape index (κ2) is 6.98. The molecule has 1 aromatic carbocycles. The first-order valence-corrected chi connectivity index (χ1v) is 10.1. The number of hydrogen-bond acceptors (Lipinski definition) is 5. The molecule has 1 fully saturated rings. The highest BCUT2D eigenvalue weighted by Crippen LogP contribution is 2.40. The van der Waals surface area contributed by atoms with Gasteiger partial charge in [-0.25, -0.2) is 9.97 Å². The molecule has 1 saturated carbocycles. The topological polar surface area (TPSA) is 75.2 Å². The van der Waals surface area contributed by atoms with Crippen molar-refractivity contribution in [3.05, 3.63) is 51.8 Å². The molecule has 0 radical (unpaired) electrons. The fraction of sp³-hybridized carbons (Fsp3) is 0.333. The zero-order chi connectivity index (χ0) is 20.0. The molecule has 3 aromatic rings. The minimum Gasteiger partial charge on any atom is -0.345 e. The van der Waals surface area contributed by atoms with Crippen molar-refractivity contribution in [1.29, 1.82) is 0 Å². The molecule has 7 heteroatoms. The smallest absolute Gasteiger partial charge is 0.266 e. The Morgan fingerprint density at radius 3 is 2.61 bits per heavy atom. The van der Waals surface area contributed by atoms with E-state index in [0.717, 1.165) is 40.1 Å². The third-order valence-corrected chi connectivity index (χ3v) is 6.10. The maximum atomic E-state index is 12.9. The molecular weight excluding hydrogens is 372 g/mol. The second-order valence-corrected chi connectivity index (χ2v) is 8.41. The molecule has 0 saturated heterocycles. The number of carbonyl (C=O) groups excluding carboxylic acids is 2. The molecule has 0 atom stereocenters. The molecule has 1 aliphatic carbocycles. The Labute approximate surface area is 167 Å². The lowest BCUT2D eigenvalue weighted by atomic mass is 10.1. The van der Waals surface area contributed by atoms with E-state index in [4.69, 9.17) is 4.98 Å². The van der Waals surface area contributed by atoms with Crippen LogP contribution in [0.4, 0.5) is 5.69 Å². The van der Waals surface area contributed by atoms with Crippen LogP contribution in [-0.2, 0) is 0 Å². The van der Waals surface area contributed by atoms with E-state index in [1.54, 1.807) is 38.4 Å². The summed E-state index contributed by atoms with van der Waals surface area (Å²) in [4.78, 5) is 37.4. The van der Waals surface area contributed by atoms with E-state index in [0.29, 0.717) is 22.0 Å².